The van der Waals surface area contributed by atoms with E-state index in [0.29, 0.717) is 12.5 Å². The summed E-state index contributed by atoms with van der Waals surface area (Å²) in [5.41, 5.74) is 0. The number of amides is 2. The van der Waals surface area contributed by atoms with Crippen LogP contribution in [0.15, 0.2) is 0 Å². The molecule has 4 nitrogen and oxygen atoms in total. The van der Waals surface area contributed by atoms with Gasteiger partial charge in [-0.15, -0.1) is 0 Å². The van der Waals surface area contributed by atoms with Gasteiger partial charge in [0.05, 0.1) is 12.5 Å². The topological polar surface area (TPSA) is 49.4 Å². The zero-order valence-electron chi connectivity index (χ0n) is 13.4. The first kappa shape index (κ1) is 17.2. The van der Waals surface area contributed by atoms with Crippen molar-refractivity contribution in [2.45, 2.75) is 90.8 Å². The molecule has 0 spiro atoms. The molecule has 0 aromatic heterocycles. The molecule has 1 aliphatic rings. The van der Waals surface area contributed by atoms with Crippen LogP contribution in [0.2, 0.25) is 0 Å². The van der Waals surface area contributed by atoms with Crippen LogP contribution in [-0.4, -0.2) is 34.8 Å². The molecule has 0 aromatic carbocycles. The average molecular weight is 282 g/mol. The molecule has 4 heteroatoms. The summed E-state index contributed by atoms with van der Waals surface area (Å²) in [5.74, 6) is -0.0467. The molecule has 0 saturated carbocycles. The molecule has 0 aromatic rings. The lowest BCUT2D eigenvalue weighted by Crippen LogP contribution is -2.45. The first-order valence-electron chi connectivity index (χ1n) is 8.16. The molecule has 1 N–H and O–H groups in total. The zero-order chi connectivity index (χ0) is 15.1. The second kappa shape index (κ2) is 8.40. The molecule has 1 heterocycles. The summed E-state index contributed by atoms with van der Waals surface area (Å²) in [6.45, 7) is 8.29. The molecule has 20 heavy (non-hydrogen) atoms. The molecular formula is C16H30N2O2. The molecule has 2 amide bonds. The van der Waals surface area contributed by atoms with Gasteiger partial charge in [-0.25, -0.2) is 0 Å². The molecule has 0 aliphatic carbocycles. The highest BCUT2D eigenvalue weighted by atomic mass is 16.2. The molecule has 1 aliphatic heterocycles. The molecule has 0 radical (unpaired) electrons. The number of hydrogen-bond acceptors (Lipinski definition) is 3. The smallest absolute Gasteiger partial charge is 0.247 e. The van der Waals surface area contributed by atoms with Crippen LogP contribution in [0, 0.1) is 0 Å². The van der Waals surface area contributed by atoms with Gasteiger partial charge in [0.25, 0.3) is 0 Å². The van der Waals surface area contributed by atoms with E-state index in [-0.39, 0.29) is 23.9 Å². The lowest BCUT2D eigenvalue weighted by Gasteiger charge is -2.24. The van der Waals surface area contributed by atoms with Crippen molar-refractivity contribution in [3.05, 3.63) is 0 Å². The number of imide groups is 1. The Kier molecular flexibility index (Phi) is 7.20. The maximum absolute atomic E-state index is 12.4. The molecule has 1 rings (SSSR count). The molecule has 0 bridgehead atoms. The van der Waals surface area contributed by atoms with Gasteiger partial charge < -0.3 is 5.32 Å². The van der Waals surface area contributed by atoms with Crippen molar-refractivity contribution in [1.82, 2.24) is 10.2 Å². The predicted octanol–water partition coefficient (Wildman–Crippen LogP) is 2.86. The first-order chi connectivity index (χ1) is 9.54. The van der Waals surface area contributed by atoms with Gasteiger partial charge in [-0.1, -0.05) is 40.0 Å². The third kappa shape index (κ3) is 4.30. The number of likely N-dealkylation sites (tertiary alicyclic amines) is 1. The number of unbranched alkanes of at least 4 members (excludes halogenated alkanes) is 1. The molecular weight excluding hydrogens is 252 g/mol. The molecule has 1 saturated heterocycles. The average Bonchev–Trinajstić information content (AvgIpc) is 2.70. The Labute approximate surface area is 123 Å². The van der Waals surface area contributed by atoms with E-state index in [4.69, 9.17) is 0 Å². The standard InChI is InChI=1S/C16H30N2O2/c1-5-8-10-13(9-6-2)17-14-11-15(19)18(16(14)20)12(4)7-3/h12-14,17H,5-11H2,1-4H3. The minimum Gasteiger partial charge on any atom is -0.303 e. The Balaban J connectivity index is 2.62. The van der Waals surface area contributed by atoms with Gasteiger partial charge in [0.2, 0.25) is 11.8 Å². The van der Waals surface area contributed by atoms with E-state index in [9.17, 15) is 9.59 Å². The van der Waals surface area contributed by atoms with E-state index in [0.717, 1.165) is 25.7 Å². The van der Waals surface area contributed by atoms with Crippen LogP contribution in [0.5, 0.6) is 0 Å². The number of carbonyl (C=O) groups excluding carboxylic acids is 2. The van der Waals surface area contributed by atoms with Crippen molar-refractivity contribution < 1.29 is 9.59 Å². The van der Waals surface area contributed by atoms with E-state index in [1.807, 2.05) is 13.8 Å². The Morgan fingerprint density at radius 2 is 1.90 bits per heavy atom. The maximum Gasteiger partial charge on any atom is 0.247 e. The quantitative estimate of drug-likeness (QED) is 0.662. The summed E-state index contributed by atoms with van der Waals surface area (Å²) in [7, 11) is 0. The number of carbonyl (C=O) groups is 2. The SMILES string of the molecule is CCCCC(CCC)NC1CC(=O)N(C(C)CC)C1=O. The van der Waals surface area contributed by atoms with Gasteiger partial charge in [0.15, 0.2) is 0 Å². The van der Waals surface area contributed by atoms with Gasteiger partial charge in [-0.2, -0.15) is 0 Å². The second-order valence-electron chi connectivity index (χ2n) is 5.91. The van der Waals surface area contributed by atoms with Crippen LogP contribution in [0.4, 0.5) is 0 Å². The highest BCUT2D eigenvalue weighted by Crippen LogP contribution is 2.20. The highest BCUT2D eigenvalue weighted by molar-refractivity contribution is 6.05. The zero-order valence-corrected chi connectivity index (χ0v) is 13.4. The van der Waals surface area contributed by atoms with Gasteiger partial charge in [-0.05, 0) is 26.2 Å². The van der Waals surface area contributed by atoms with Crippen LogP contribution in [0.1, 0.15) is 72.6 Å². The molecule has 3 atom stereocenters. The monoisotopic (exact) mass is 282 g/mol. The third-order valence-corrected chi connectivity index (χ3v) is 4.19. The number of nitrogens with zero attached hydrogens (tertiary/aromatic N) is 1. The third-order valence-electron chi connectivity index (χ3n) is 4.19. The van der Waals surface area contributed by atoms with Crippen LogP contribution in [0.3, 0.4) is 0 Å². The van der Waals surface area contributed by atoms with E-state index in [2.05, 4.69) is 19.2 Å². The molecule has 116 valence electrons. The van der Waals surface area contributed by atoms with Gasteiger partial charge in [-0.3, -0.25) is 14.5 Å². The minimum atomic E-state index is -0.301. The van der Waals surface area contributed by atoms with E-state index in [1.54, 1.807) is 0 Å². The largest absolute Gasteiger partial charge is 0.303 e. The second-order valence-corrected chi connectivity index (χ2v) is 5.91. The maximum atomic E-state index is 12.4. The summed E-state index contributed by atoms with van der Waals surface area (Å²) in [4.78, 5) is 25.8. The Morgan fingerprint density at radius 3 is 2.45 bits per heavy atom. The Morgan fingerprint density at radius 1 is 1.20 bits per heavy atom. The lowest BCUT2D eigenvalue weighted by atomic mass is 10.0. The number of rotatable bonds is 9. The summed E-state index contributed by atoms with van der Waals surface area (Å²) in [6, 6.07) is 0.0746. The van der Waals surface area contributed by atoms with E-state index < -0.39 is 0 Å². The molecule has 1 fully saturated rings. The van der Waals surface area contributed by atoms with Gasteiger partial charge in [0, 0.05) is 12.1 Å². The van der Waals surface area contributed by atoms with Gasteiger partial charge >= 0.3 is 0 Å². The van der Waals surface area contributed by atoms with Crippen molar-refractivity contribution >= 4 is 11.8 Å². The summed E-state index contributed by atoms with van der Waals surface area (Å²) >= 11 is 0. The van der Waals surface area contributed by atoms with E-state index >= 15 is 0 Å². The number of hydrogen-bond donors (Lipinski definition) is 1. The van der Waals surface area contributed by atoms with Crippen LogP contribution in [0.25, 0.3) is 0 Å². The highest BCUT2D eigenvalue weighted by Gasteiger charge is 2.41. The minimum absolute atomic E-state index is 0.0158. The van der Waals surface area contributed by atoms with Crippen LogP contribution < -0.4 is 5.32 Å². The number of nitrogens with one attached hydrogen (secondary N) is 1. The van der Waals surface area contributed by atoms with Crippen molar-refractivity contribution in [3.63, 3.8) is 0 Å². The summed E-state index contributed by atoms with van der Waals surface area (Å²) in [5, 5.41) is 3.43. The summed E-state index contributed by atoms with van der Waals surface area (Å²) in [6.07, 6.45) is 6.74. The predicted molar refractivity (Wildman–Crippen MR) is 81.4 cm³/mol. The van der Waals surface area contributed by atoms with Crippen molar-refractivity contribution in [2.75, 3.05) is 0 Å². The Bertz CT molecular complexity index is 330. The summed E-state index contributed by atoms with van der Waals surface area (Å²) < 4.78 is 0. The van der Waals surface area contributed by atoms with Crippen LogP contribution >= 0.6 is 0 Å². The lowest BCUT2D eigenvalue weighted by molar-refractivity contribution is -0.141. The van der Waals surface area contributed by atoms with Gasteiger partial charge in [0.1, 0.15) is 0 Å². The fourth-order valence-electron chi connectivity index (χ4n) is 2.82. The first-order valence-corrected chi connectivity index (χ1v) is 8.16. The Hall–Kier alpha value is -0.900. The molecule has 3 unspecified atom stereocenters. The van der Waals surface area contributed by atoms with Crippen LogP contribution in [-0.2, 0) is 9.59 Å². The van der Waals surface area contributed by atoms with Crippen molar-refractivity contribution in [1.29, 1.82) is 0 Å². The fourth-order valence-corrected chi connectivity index (χ4v) is 2.82. The fraction of sp³-hybridized carbons (Fsp3) is 0.875. The van der Waals surface area contributed by atoms with E-state index in [1.165, 1.54) is 17.7 Å². The van der Waals surface area contributed by atoms with Crippen molar-refractivity contribution in [3.8, 4) is 0 Å². The normalized spacial score (nSPS) is 22.4. The van der Waals surface area contributed by atoms with Crippen molar-refractivity contribution in [2.24, 2.45) is 0 Å².